The summed E-state index contributed by atoms with van der Waals surface area (Å²) < 4.78 is 22.8. The van der Waals surface area contributed by atoms with Gasteiger partial charge in [0, 0.05) is 12.8 Å². The second-order valence-corrected chi connectivity index (χ2v) is 25.5. The van der Waals surface area contributed by atoms with Crippen LogP contribution in [0.4, 0.5) is 0 Å². The van der Waals surface area contributed by atoms with Crippen molar-refractivity contribution in [3.05, 3.63) is 146 Å². The number of carboxylic acids is 1. The van der Waals surface area contributed by atoms with Crippen LogP contribution in [0.2, 0.25) is 0 Å². The molecule has 0 fully saturated rings. The molecule has 0 amide bonds. The quantitative estimate of drug-likeness (QED) is 0.0195. The molecule has 0 spiro atoms. The van der Waals surface area contributed by atoms with Crippen molar-refractivity contribution in [3.63, 3.8) is 0 Å². The van der Waals surface area contributed by atoms with Crippen molar-refractivity contribution in [1.82, 2.24) is 0 Å². The molecule has 0 bridgehead atoms. The van der Waals surface area contributed by atoms with E-state index in [4.69, 9.17) is 18.9 Å². The van der Waals surface area contributed by atoms with Gasteiger partial charge in [0.05, 0.1) is 40.3 Å². The molecule has 9 nitrogen and oxygen atoms in total. The fourth-order valence-electron chi connectivity index (χ4n) is 10.0. The molecule has 0 aromatic carbocycles. The number of hydrogen-bond donors (Lipinski definition) is 0. The number of esters is 2. The maximum atomic E-state index is 13.0. The predicted octanol–water partition coefficient (Wildman–Crippen LogP) is 22.1. The Morgan fingerprint density at radius 2 is 0.593 bits per heavy atom. The van der Waals surface area contributed by atoms with Crippen LogP contribution in [-0.4, -0.2) is 82.3 Å². The standard InChI is InChI=1S/C82H137NO8/c1-6-8-10-12-14-16-18-20-22-24-26-28-30-32-34-36-37-38-39-40-41-42-43-45-47-49-51-53-55-57-59-61-63-65-67-69-71-73-80(85)91-78(77-90-82(81(86)87)88-75-74-83(3,4)5)76-89-79(84)72-70-68-66-64-62-60-58-56-54-52-50-48-46-44-35-33-31-29-27-25-23-21-19-17-15-13-11-9-7-2/h8-11,14-17,20-23,26-29,32,34,37-38,40-41,43,45,78,82H,6-7,12-13,18-19,24-25,30-31,33,35-36,39,42,44,46-77H2,1-5H3/b10-8-,11-9-,16-14-,17-15-,22-20-,23-21-,28-26-,29-27-,34-32-,38-37-,41-40-,45-43-. The molecular weight excluding hydrogens is 1130 g/mol. The van der Waals surface area contributed by atoms with Crippen molar-refractivity contribution < 1.29 is 42.9 Å². The first kappa shape index (κ1) is 86.2. The molecule has 0 heterocycles. The van der Waals surface area contributed by atoms with Gasteiger partial charge >= 0.3 is 11.9 Å². The number of likely N-dealkylation sites (N-methyl/N-ethyl adjacent to an activating group) is 1. The highest BCUT2D eigenvalue weighted by atomic mass is 16.7. The van der Waals surface area contributed by atoms with E-state index in [9.17, 15) is 19.5 Å². The van der Waals surface area contributed by atoms with E-state index in [1.54, 1.807) is 0 Å². The van der Waals surface area contributed by atoms with Crippen molar-refractivity contribution >= 4 is 17.9 Å². The normalized spacial score (nSPS) is 13.5. The van der Waals surface area contributed by atoms with Crippen LogP contribution >= 0.6 is 0 Å². The number of carboxylic acid groups (broad SMARTS) is 1. The lowest BCUT2D eigenvalue weighted by atomic mass is 10.0. The van der Waals surface area contributed by atoms with E-state index < -0.39 is 24.3 Å². The summed E-state index contributed by atoms with van der Waals surface area (Å²) in [6.45, 7) is 4.53. The molecule has 0 aliphatic carbocycles. The molecule has 518 valence electrons. The molecule has 0 N–H and O–H groups in total. The monoisotopic (exact) mass is 1260 g/mol. The van der Waals surface area contributed by atoms with E-state index >= 15 is 0 Å². The minimum absolute atomic E-state index is 0.142. The molecule has 0 saturated heterocycles. The number of aliphatic carboxylic acids is 1. The van der Waals surface area contributed by atoms with Gasteiger partial charge in [0.15, 0.2) is 12.4 Å². The smallest absolute Gasteiger partial charge is 0.306 e. The minimum atomic E-state index is -1.63. The maximum Gasteiger partial charge on any atom is 0.306 e. The maximum absolute atomic E-state index is 13.0. The Hall–Kier alpha value is -4.83. The van der Waals surface area contributed by atoms with Crippen LogP contribution in [-0.2, 0) is 33.3 Å². The van der Waals surface area contributed by atoms with E-state index in [-0.39, 0.29) is 38.6 Å². The number of quaternary nitrogens is 1. The third kappa shape index (κ3) is 72.5. The summed E-state index contributed by atoms with van der Waals surface area (Å²) in [7, 11) is 5.93. The summed E-state index contributed by atoms with van der Waals surface area (Å²) in [5, 5.41) is 11.8. The number of carbonyl (C=O) groups excluding carboxylic acids is 3. The van der Waals surface area contributed by atoms with E-state index in [1.165, 1.54) is 148 Å². The molecule has 2 unspecified atom stereocenters. The molecule has 0 rings (SSSR count). The molecule has 2 atom stereocenters. The van der Waals surface area contributed by atoms with E-state index in [0.29, 0.717) is 17.4 Å². The second-order valence-electron chi connectivity index (χ2n) is 25.5. The number of ether oxygens (including phenoxy) is 4. The number of rotatable bonds is 67. The molecule has 91 heavy (non-hydrogen) atoms. The zero-order valence-corrected chi connectivity index (χ0v) is 59.2. The molecule has 9 heteroatoms. The average Bonchev–Trinajstić information content (AvgIpc) is 3.50. The van der Waals surface area contributed by atoms with Crippen LogP contribution in [0.5, 0.6) is 0 Å². The first-order valence-corrected chi connectivity index (χ1v) is 37.0. The average molecular weight is 1260 g/mol. The summed E-state index contributed by atoms with van der Waals surface area (Å²) in [6.07, 6.45) is 101. The Morgan fingerprint density at radius 1 is 0.330 bits per heavy atom. The Labute approximate surface area is 560 Å². The van der Waals surface area contributed by atoms with Gasteiger partial charge in [0.1, 0.15) is 13.2 Å². The Morgan fingerprint density at radius 3 is 0.879 bits per heavy atom. The van der Waals surface area contributed by atoms with Gasteiger partial charge in [-0.25, -0.2) is 0 Å². The third-order valence-corrected chi connectivity index (χ3v) is 15.6. The van der Waals surface area contributed by atoms with Gasteiger partial charge in [-0.1, -0.05) is 314 Å². The van der Waals surface area contributed by atoms with Crippen LogP contribution in [0.25, 0.3) is 0 Å². The van der Waals surface area contributed by atoms with Crippen molar-refractivity contribution in [2.24, 2.45) is 0 Å². The van der Waals surface area contributed by atoms with Gasteiger partial charge in [0.25, 0.3) is 0 Å². The van der Waals surface area contributed by atoms with Crippen LogP contribution < -0.4 is 5.11 Å². The summed E-state index contributed by atoms with van der Waals surface area (Å²) >= 11 is 0. The molecule has 0 aromatic rings. The largest absolute Gasteiger partial charge is 0.545 e. The van der Waals surface area contributed by atoms with Gasteiger partial charge in [-0.2, -0.15) is 0 Å². The van der Waals surface area contributed by atoms with Gasteiger partial charge in [-0.05, 0) is 116 Å². The number of hydrogen-bond acceptors (Lipinski definition) is 8. The molecule has 0 saturated carbocycles. The Kier molecular flexibility index (Phi) is 67.3. The van der Waals surface area contributed by atoms with Gasteiger partial charge < -0.3 is 33.3 Å². The highest BCUT2D eigenvalue weighted by Gasteiger charge is 2.22. The van der Waals surface area contributed by atoms with Crippen molar-refractivity contribution in [2.75, 3.05) is 47.5 Å². The van der Waals surface area contributed by atoms with Crippen LogP contribution in [0.1, 0.15) is 296 Å². The number of nitrogens with zero attached hydrogens (tertiary/aromatic N) is 1. The summed E-state index contributed by atoms with van der Waals surface area (Å²) in [4.78, 5) is 37.6. The predicted molar refractivity (Wildman–Crippen MR) is 389 cm³/mol. The van der Waals surface area contributed by atoms with Crippen LogP contribution in [0.15, 0.2) is 146 Å². The third-order valence-electron chi connectivity index (χ3n) is 15.6. The lowest BCUT2D eigenvalue weighted by Crippen LogP contribution is -2.44. The van der Waals surface area contributed by atoms with Crippen molar-refractivity contribution in [1.29, 1.82) is 0 Å². The zero-order valence-electron chi connectivity index (χ0n) is 59.2. The van der Waals surface area contributed by atoms with E-state index in [2.05, 4.69) is 160 Å². The zero-order chi connectivity index (χ0) is 66.1. The summed E-state index contributed by atoms with van der Waals surface area (Å²) in [5.74, 6) is -2.28. The van der Waals surface area contributed by atoms with Crippen molar-refractivity contribution in [3.8, 4) is 0 Å². The molecule has 0 aromatic heterocycles. The van der Waals surface area contributed by atoms with Crippen LogP contribution in [0, 0.1) is 0 Å². The van der Waals surface area contributed by atoms with Gasteiger partial charge in [-0.15, -0.1) is 0 Å². The molecular formula is C82H137NO8. The van der Waals surface area contributed by atoms with Gasteiger partial charge in [-0.3, -0.25) is 9.59 Å². The summed E-state index contributed by atoms with van der Waals surface area (Å²) in [6, 6.07) is 0. The first-order chi connectivity index (χ1) is 44.6. The van der Waals surface area contributed by atoms with E-state index in [1.807, 2.05) is 21.1 Å². The molecule has 0 aliphatic rings. The summed E-state index contributed by atoms with van der Waals surface area (Å²) in [5.41, 5.74) is 0. The lowest BCUT2D eigenvalue weighted by Gasteiger charge is -2.26. The first-order valence-electron chi connectivity index (χ1n) is 37.0. The Balaban J connectivity index is 4.11. The lowest BCUT2D eigenvalue weighted by molar-refractivity contribution is -0.870. The topological polar surface area (TPSA) is 111 Å². The minimum Gasteiger partial charge on any atom is -0.545 e. The molecule has 0 radical (unpaired) electrons. The van der Waals surface area contributed by atoms with Gasteiger partial charge in [0.2, 0.25) is 0 Å². The molecule has 0 aliphatic heterocycles. The fraction of sp³-hybridized carbons (Fsp3) is 0.671. The highest BCUT2D eigenvalue weighted by Crippen LogP contribution is 2.17. The van der Waals surface area contributed by atoms with E-state index in [0.717, 1.165) is 116 Å². The van der Waals surface area contributed by atoms with Crippen molar-refractivity contribution in [2.45, 2.75) is 309 Å². The number of allylic oxidation sites excluding steroid dienone is 24. The number of unbranched alkanes of at least 4 members (excludes halogenated alkanes) is 28. The highest BCUT2D eigenvalue weighted by molar-refractivity contribution is 5.70. The fourth-order valence-corrected chi connectivity index (χ4v) is 10.0. The Bertz CT molecular complexity index is 2010. The SMILES string of the molecule is CC/C=C\C/C=C\C/C=C\C/C=C\C/C=C\C/C=C\C/C=C\C/C=C\CCCCCCCCCCCCCCC(=O)OC(COC(=O)CCCCCCCCCCCCCCCCCC/C=C\C/C=C\C/C=C\C/C=C\CC)COC(OCC[N+](C)(C)C)C(=O)[O-]. The second kappa shape index (κ2) is 71.0. The van der Waals surface area contributed by atoms with Crippen LogP contribution in [0.3, 0.4) is 0 Å². The number of carbonyl (C=O) groups is 3.